The second-order valence-electron chi connectivity index (χ2n) is 3.15. The summed E-state index contributed by atoms with van der Waals surface area (Å²) in [4.78, 5) is 1.65. The van der Waals surface area contributed by atoms with Gasteiger partial charge in [-0.15, -0.1) is 10.2 Å². The van der Waals surface area contributed by atoms with Crippen LogP contribution in [-0.4, -0.2) is 38.5 Å². The fourth-order valence-corrected chi connectivity index (χ4v) is 1.59. The van der Waals surface area contributed by atoms with E-state index in [4.69, 9.17) is 22.5 Å². The van der Waals surface area contributed by atoms with Crippen LogP contribution in [0.3, 0.4) is 0 Å². The first-order valence-electron chi connectivity index (χ1n) is 4.64. The van der Waals surface area contributed by atoms with E-state index in [-0.39, 0.29) is 6.61 Å². The molecule has 0 radical (unpaired) electrons. The third-order valence-corrected chi connectivity index (χ3v) is 2.41. The molecule has 84 valence electrons. The van der Waals surface area contributed by atoms with E-state index >= 15 is 0 Å². The minimum absolute atomic E-state index is 0.0263. The van der Waals surface area contributed by atoms with Crippen LogP contribution >= 0.6 is 12.2 Å². The first-order valence-corrected chi connectivity index (χ1v) is 5.05. The maximum Gasteiger partial charge on any atom is 0.222 e. The van der Waals surface area contributed by atoms with Crippen LogP contribution in [0.15, 0.2) is 46.2 Å². The summed E-state index contributed by atoms with van der Waals surface area (Å²) < 4.78 is 0. The van der Waals surface area contributed by atoms with Crippen molar-refractivity contribution in [1.29, 1.82) is 0 Å². The lowest BCUT2D eigenvalue weighted by atomic mass is 10.2. The van der Waals surface area contributed by atoms with Gasteiger partial charge >= 0.3 is 0 Å². The van der Waals surface area contributed by atoms with Gasteiger partial charge in [0.2, 0.25) is 5.11 Å². The summed E-state index contributed by atoms with van der Waals surface area (Å²) in [6.45, 7) is 0.330. The number of azo groups is 1. The monoisotopic (exact) mass is 238 g/mol. The van der Waals surface area contributed by atoms with Crippen LogP contribution in [-0.2, 0) is 0 Å². The standard InChI is InChI=1S/C9H10N4O2S/c14-6-5-13-8(10-11-9(13)16)7-1-3-12(15)4-2-7/h1-4,14-15H,5-6H2. The Hall–Kier alpha value is -1.57. The van der Waals surface area contributed by atoms with Crippen molar-refractivity contribution >= 4 is 17.3 Å². The summed E-state index contributed by atoms with van der Waals surface area (Å²) >= 11 is 4.99. The van der Waals surface area contributed by atoms with Gasteiger partial charge in [-0.25, -0.2) is 5.06 Å². The van der Waals surface area contributed by atoms with Crippen LogP contribution in [0.1, 0.15) is 0 Å². The quantitative estimate of drug-likeness (QED) is 0.701. The molecule has 0 aliphatic carbocycles. The van der Waals surface area contributed by atoms with Crippen LogP contribution in [0.2, 0.25) is 0 Å². The molecular weight excluding hydrogens is 228 g/mol. The van der Waals surface area contributed by atoms with Gasteiger partial charge in [0.25, 0.3) is 0 Å². The van der Waals surface area contributed by atoms with Gasteiger partial charge in [0.05, 0.1) is 13.2 Å². The smallest absolute Gasteiger partial charge is 0.222 e. The molecule has 0 aromatic heterocycles. The van der Waals surface area contributed by atoms with Crippen LogP contribution in [0.5, 0.6) is 0 Å². The van der Waals surface area contributed by atoms with Crippen molar-refractivity contribution in [2.24, 2.45) is 10.2 Å². The van der Waals surface area contributed by atoms with E-state index in [1.807, 2.05) is 0 Å². The van der Waals surface area contributed by atoms with Crippen molar-refractivity contribution in [3.63, 3.8) is 0 Å². The first kappa shape index (κ1) is 10.9. The molecule has 0 bridgehead atoms. The lowest BCUT2D eigenvalue weighted by Crippen LogP contribution is -2.26. The van der Waals surface area contributed by atoms with E-state index < -0.39 is 0 Å². The molecule has 2 aliphatic heterocycles. The summed E-state index contributed by atoms with van der Waals surface area (Å²) in [5.74, 6) is 0.583. The molecule has 0 saturated heterocycles. The fourth-order valence-electron chi connectivity index (χ4n) is 1.37. The Bertz CT molecular complexity index is 411. The normalized spacial score (nSPS) is 19.2. The fraction of sp³-hybridized carbons (Fsp3) is 0.222. The van der Waals surface area contributed by atoms with Crippen molar-refractivity contribution in [2.45, 2.75) is 0 Å². The predicted octanol–water partition coefficient (Wildman–Crippen LogP) is 0.975. The number of rotatable bonds is 2. The van der Waals surface area contributed by atoms with Gasteiger partial charge in [-0.05, 0) is 24.4 Å². The van der Waals surface area contributed by atoms with E-state index in [1.165, 1.54) is 12.4 Å². The molecule has 16 heavy (non-hydrogen) atoms. The van der Waals surface area contributed by atoms with Crippen LogP contribution in [0.25, 0.3) is 0 Å². The van der Waals surface area contributed by atoms with Gasteiger partial charge in [0.15, 0.2) is 5.82 Å². The third kappa shape index (κ3) is 2.01. The van der Waals surface area contributed by atoms with Crippen molar-refractivity contribution < 1.29 is 10.3 Å². The predicted molar refractivity (Wildman–Crippen MR) is 60.2 cm³/mol. The Morgan fingerprint density at radius 2 is 1.94 bits per heavy atom. The molecule has 0 fully saturated rings. The summed E-state index contributed by atoms with van der Waals surface area (Å²) in [6.07, 6.45) is 6.34. The Morgan fingerprint density at radius 3 is 2.56 bits per heavy atom. The molecule has 2 rings (SSSR count). The van der Waals surface area contributed by atoms with E-state index in [2.05, 4.69) is 10.2 Å². The number of hydrogen-bond acceptors (Lipinski definition) is 5. The van der Waals surface area contributed by atoms with Gasteiger partial charge in [0.1, 0.15) is 0 Å². The average molecular weight is 238 g/mol. The van der Waals surface area contributed by atoms with Crippen molar-refractivity contribution in [3.05, 3.63) is 35.9 Å². The molecular formula is C9H10N4O2S. The van der Waals surface area contributed by atoms with Gasteiger partial charge in [0, 0.05) is 18.0 Å². The zero-order chi connectivity index (χ0) is 11.5. The minimum Gasteiger partial charge on any atom is -0.395 e. The van der Waals surface area contributed by atoms with Crippen LogP contribution in [0, 0.1) is 0 Å². The maximum atomic E-state index is 9.09. The molecule has 0 saturated carbocycles. The Morgan fingerprint density at radius 1 is 1.25 bits per heavy atom. The van der Waals surface area contributed by atoms with Gasteiger partial charge in [-0.3, -0.25) is 10.1 Å². The Labute approximate surface area is 97.4 Å². The van der Waals surface area contributed by atoms with Gasteiger partial charge < -0.3 is 5.11 Å². The maximum absolute atomic E-state index is 9.09. The second kappa shape index (κ2) is 4.52. The summed E-state index contributed by atoms with van der Waals surface area (Å²) in [6, 6.07) is 0. The average Bonchev–Trinajstić information content (AvgIpc) is 2.63. The number of nitrogens with zero attached hydrogens (tertiary/aromatic N) is 4. The van der Waals surface area contributed by atoms with Crippen LogP contribution < -0.4 is 0 Å². The number of β-amino-alcohol motifs (C(OH)–C–C–N with tert-alkyl or cyclic N) is 1. The van der Waals surface area contributed by atoms with Gasteiger partial charge in [-0.1, -0.05) is 0 Å². The van der Waals surface area contributed by atoms with Crippen molar-refractivity contribution in [3.8, 4) is 0 Å². The third-order valence-electron chi connectivity index (χ3n) is 2.11. The molecule has 0 aromatic carbocycles. The second-order valence-corrected chi connectivity index (χ2v) is 3.51. The van der Waals surface area contributed by atoms with E-state index in [1.54, 1.807) is 17.1 Å². The molecule has 2 N–H and O–H groups in total. The molecule has 6 nitrogen and oxygen atoms in total. The number of aliphatic hydroxyl groups is 1. The summed E-state index contributed by atoms with van der Waals surface area (Å²) in [7, 11) is 0. The highest BCUT2D eigenvalue weighted by molar-refractivity contribution is 7.80. The molecule has 2 aliphatic rings. The topological polar surface area (TPSA) is 71.7 Å². The van der Waals surface area contributed by atoms with Crippen LogP contribution in [0.4, 0.5) is 0 Å². The van der Waals surface area contributed by atoms with E-state index in [9.17, 15) is 0 Å². The van der Waals surface area contributed by atoms with Gasteiger partial charge in [-0.2, -0.15) is 0 Å². The molecule has 7 heteroatoms. The summed E-state index contributed by atoms with van der Waals surface area (Å²) in [5.41, 5.74) is 0.780. The minimum atomic E-state index is -0.0263. The van der Waals surface area contributed by atoms with E-state index in [0.717, 1.165) is 10.6 Å². The zero-order valence-electron chi connectivity index (χ0n) is 8.32. The highest BCUT2D eigenvalue weighted by Crippen LogP contribution is 2.23. The lowest BCUT2D eigenvalue weighted by molar-refractivity contribution is 0.0104. The SMILES string of the molecule is OCCN1C(=S)N=NC1=C1C=CN(O)C=C1. The van der Waals surface area contributed by atoms with Crippen molar-refractivity contribution in [1.82, 2.24) is 9.96 Å². The number of hydroxylamine groups is 2. The van der Waals surface area contributed by atoms with Crippen molar-refractivity contribution in [2.75, 3.05) is 13.2 Å². The first-order chi connectivity index (χ1) is 7.72. The number of hydrogen-bond donors (Lipinski definition) is 2. The molecule has 0 unspecified atom stereocenters. The Balaban J connectivity index is 2.29. The highest BCUT2D eigenvalue weighted by atomic mass is 32.1. The number of allylic oxidation sites excluding steroid dienone is 3. The molecule has 2 heterocycles. The molecule has 0 aromatic rings. The number of aliphatic hydroxyl groups excluding tert-OH is 1. The zero-order valence-corrected chi connectivity index (χ0v) is 9.13. The highest BCUT2D eigenvalue weighted by Gasteiger charge is 2.22. The molecule has 0 spiro atoms. The Kier molecular flexibility index (Phi) is 3.09. The molecule has 0 atom stereocenters. The van der Waals surface area contributed by atoms with E-state index in [0.29, 0.717) is 17.5 Å². The largest absolute Gasteiger partial charge is 0.395 e. The molecule has 0 amide bonds. The summed E-state index contributed by atoms with van der Waals surface area (Å²) in [5, 5.41) is 27.0. The lowest BCUT2D eigenvalue weighted by Gasteiger charge is -2.18. The number of thiocarbonyl (C=S) groups is 1.